The zero-order chi connectivity index (χ0) is 14.8. The summed E-state index contributed by atoms with van der Waals surface area (Å²) in [5, 5.41) is 11.8. The average Bonchev–Trinajstić information content (AvgIpc) is 3.06. The summed E-state index contributed by atoms with van der Waals surface area (Å²) in [4.78, 5) is 23.9. The van der Waals surface area contributed by atoms with Crippen LogP contribution >= 0.6 is 22.7 Å². The van der Waals surface area contributed by atoms with Crippen molar-refractivity contribution in [2.24, 2.45) is 0 Å². The fourth-order valence-corrected chi connectivity index (χ4v) is 4.21. The highest BCUT2D eigenvalue weighted by molar-refractivity contribution is 7.38. The van der Waals surface area contributed by atoms with Crippen molar-refractivity contribution < 1.29 is 14.7 Å². The van der Waals surface area contributed by atoms with Gasteiger partial charge in [-0.15, -0.1) is 22.7 Å². The van der Waals surface area contributed by atoms with Crippen molar-refractivity contribution in [1.82, 2.24) is 0 Å². The van der Waals surface area contributed by atoms with Gasteiger partial charge in [0.1, 0.15) is 0 Å². The Morgan fingerprint density at radius 1 is 1.14 bits per heavy atom. The summed E-state index contributed by atoms with van der Waals surface area (Å²) >= 11 is 3.14. The van der Waals surface area contributed by atoms with Crippen LogP contribution in [0.3, 0.4) is 0 Å². The van der Waals surface area contributed by atoms with Gasteiger partial charge in [0.15, 0.2) is 0 Å². The molecular formula is C16H12O3S2. The van der Waals surface area contributed by atoms with Gasteiger partial charge in [0, 0.05) is 17.4 Å². The Hall–Kier alpha value is -1.98. The third-order valence-electron chi connectivity index (χ3n) is 3.19. The van der Waals surface area contributed by atoms with Crippen molar-refractivity contribution >= 4 is 43.8 Å². The summed E-state index contributed by atoms with van der Waals surface area (Å²) < 4.78 is 1.15. The molecule has 0 spiro atoms. The molecule has 3 aromatic rings. The first-order valence-electron chi connectivity index (χ1n) is 6.46. The summed E-state index contributed by atoms with van der Waals surface area (Å²) in [6, 6.07) is 11.2. The number of carbonyl (C=O) groups is 2. The number of fused-ring (bicyclic) bond motifs is 1. The summed E-state index contributed by atoms with van der Waals surface area (Å²) in [5.74, 6) is -0.828. The molecule has 1 N–H and O–H groups in total. The first-order valence-corrected chi connectivity index (χ1v) is 8.15. The number of hydrogen-bond acceptors (Lipinski definition) is 4. The Morgan fingerprint density at radius 2 is 2.00 bits per heavy atom. The Kier molecular flexibility index (Phi) is 3.86. The van der Waals surface area contributed by atoms with Crippen LogP contribution in [0, 0.1) is 0 Å². The molecule has 3 nitrogen and oxygen atoms in total. The van der Waals surface area contributed by atoms with E-state index in [1.165, 1.54) is 11.3 Å². The number of carboxylic acids is 1. The fourth-order valence-electron chi connectivity index (χ4n) is 2.14. The normalized spacial score (nSPS) is 10.9. The fraction of sp³-hybridized carbons (Fsp3) is 0.125. The third kappa shape index (κ3) is 3.04. The molecular weight excluding hydrogens is 304 g/mol. The van der Waals surface area contributed by atoms with Crippen LogP contribution in [0.4, 0.5) is 0 Å². The summed E-state index contributed by atoms with van der Waals surface area (Å²) in [7, 11) is 0. The van der Waals surface area contributed by atoms with Crippen molar-refractivity contribution in [3.63, 3.8) is 0 Å². The van der Waals surface area contributed by atoms with Crippen molar-refractivity contribution in [3.05, 3.63) is 57.8 Å². The van der Waals surface area contributed by atoms with Crippen LogP contribution in [-0.2, 0) is 11.2 Å². The molecule has 106 valence electrons. The largest absolute Gasteiger partial charge is 0.481 e. The van der Waals surface area contributed by atoms with Crippen LogP contribution in [0.2, 0.25) is 0 Å². The van der Waals surface area contributed by atoms with Crippen LogP contribution in [0.15, 0.2) is 41.8 Å². The van der Waals surface area contributed by atoms with Gasteiger partial charge in [-0.1, -0.05) is 18.2 Å². The van der Waals surface area contributed by atoms with E-state index in [0.29, 0.717) is 12.0 Å². The van der Waals surface area contributed by atoms with Gasteiger partial charge in [-0.05, 0) is 35.6 Å². The van der Waals surface area contributed by atoms with Gasteiger partial charge < -0.3 is 5.11 Å². The van der Waals surface area contributed by atoms with Crippen molar-refractivity contribution in [1.29, 1.82) is 0 Å². The number of rotatable bonds is 5. The lowest BCUT2D eigenvalue weighted by Gasteiger charge is -2.02. The van der Waals surface area contributed by atoms with E-state index in [4.69, 9.17) is 5.11 Å². The van der Waals surface area contributed by atoms with Crippen LogP contribution in [0.5, 0.6) is 0 Å². The maximum atomic E-state index is 12.5. The van der Waals surface area contributed by atoms with Crippen molar-refractivity contribution in [2.75, 3.05) is 0 Å². The quantitative estimate of drug-likeness (QED) is 0.717. The van der Waals surface area contributed by atoms with Gasteiger partial charge in [-0.25, -0.2) is 0 Å². The topological polar surface area (TPSA) is 54.4 Å². The van der Waals surface area contributed by atoms with E-state index in [1.807, 2.05) is 23.6 Å². The molecule has 2 heterocycles. The number of carbonyl (C=O) groups excluding carboxylic acids is 1. The highest BCUT2D eigenvalue weighted by Crippen LogP contribution is 2.31. The van der Waals surface area contributed by atoms with Gasteiger partial charge >= 0.3 is 5.97 Å². The van der Waals surface area contributed by atoms with Crippen LogP contribution in [0.1, 0.15) is 27.2 Å². The molecule has 3 rings (SSSR count). The molecule has 0 aliphatic carbocycles. The molecule has 0 aliphatic rings. The molecule has 5 heteroatoms. The molecule has 0 fully saturated rings. The number of aliphatic carboxylic acids is 1. The number of thiophene rings is 2. The molecule has 0 saturated carbocycles. The number of ketones is 1. The van der Waals surface area contributed by atoms with E-state index in [1.54, 1.807) is 29.5 Å². The highest BCUT2D eigenvalue weighted by atomic mass is 32.2. The Morgan fingerprint density at radius 3 is 2.76 bits per heavy atom. The van der Waals surface area contributed by atoms with E-state index >= 15 is 0 Å². The highest BCUT2D eigenvalue weighted by Gasteiger charge is 2.14. The Balaban J connectivity index is 1.85. The lowest BCUT2D eigenvalue weighted by molar-refractivity contribution is -0.136. The second kappa shape index (κ2) is 5.79. The first kappa shape index (κ1) is 14.0. The maximum absolute atomic E-state index is 12.5. The van der Waals surface area contributed by atoms with Crippen LogP contribution in [0.25, 0.3) is 9.40 Å². The van der Waals surface area contributed by atoms with Gasteiger partial charge in [-0.2, -0.15) is 0 Å². The molecule has 1 aromatic carbocycles. The molecule has 21 heavy (non-hydrogen) atoms. The maximum Gasteiger partial charge on any atom is 0.303 e. The van der Waals surface area contributed by atoms with Crippen molar-refractivity contribution in [2.45, 2.75) is 12.8 Å². The molecule has 0 aliphatic heterocycles. The molecule has 0 radical (unpaired) electrons. The summed E-state index contributed by atoms with van der Waals surface area (Å²) in [6.45, 7) is 0. The van der Waals surface area contributed by atoms with E-state index in [2.05, 4.69) is 0 Å². The average molecular weight is 316 g/mol. The van der Waals surface area contributed by atoms with Gasteiger partial charge in [0.2, 0.25) is 5.78 Å². The monoisotopic (exact) mass is 316 g/mol. The van der Waals surface area contributed by atoms with E-state index in [-0.39, 0.29) is 12.2 Å². The van der Waals surface area contributed by atoms with E-state index < -0.39 is 5.97 Å². The molecule has 0 amide bonds. The zero-order valence-electron chi connectivity index (χ0n) is 11.0. The molecule has 0 bridgehead atoms. The van der Waals surface area contributed by atoms with Gasteiger partial charge in [-0.3, -0.25) is 9.59 Å². The van der Waals surface area contributed by atoms with Gasteiger partial charge in [0.05, 0.1) is 8.89 Å². The van der Waals surface area contributed by atoms with E-state index in [9.17, 15) is 9.59 Å². The smallest absolute Gasteiger partial charge is 0.303 e. The predicted molar refractivity (Wildman–Crippen MR) is 85.5 cm³/mol. The minimum absolute atomic E-state index is 0.000532. The van der Waals surface area contributed by atoms with Gasteiger partial charge in [0.25, 0.3) is 0 Å². The lowest BCUT2D eigenvalue weighted by Crippen LogP contribution is -2.01. The second-order valence-corrected chi connectivity index (χ2v) is 6.92. The number of aryl methyl sites for hydroxylation is 1. The van der Waals surface area contributed by atoms with Crippen molar-refractivity contribution in [3.8, 4) is 0 Å². The zero-order valence-corrected chi connectivity index (χ0v) is 12.7. The number of benzene rings is 1. The summed E-state index contributed by atoms with van der Waals surface area (Å²) in [6.07, 6.45) is 0.516. The molecule has 2 aromatic heterocycles. The minimum atomic E-state index is -0.828. The number of carboxylic acid groups (broad SMARTS) is 1. The third-order valence-corrected chi connectivity index (χ3v) is 5.39. The predicted octanol–water partition coefficient (Wildman–Crippen LogP) is 4.21. The van der Waals surface area contributed by atoms with Crippen LogP contribution in [-0.4, -0.2) is 16.9 Å². The molecule has 0 saturated heterocycles. The molecule has 0 atom stereocenters. The Labute approximate surface area is 129 Å². The number of hydrogen-bond donors (Lipinski definition) is 1. The SMILES string of the molecule is O=C(O)CCc1cccc(C(=O)c2cc3ccsc3s2)c1. The van der Waals surface area contributed by atoms with Crippen LogP contribution < -0.4 is 0 Å². The summed E-state index contributed by atoms with van der Waals surface area (Å²) in [5.41, 5.74) is 1.49. The second-order valence-electron chi connectivity index (χ2n) is 4.70. The Bertz CT molecular complexity index is 785. The first-order chi connectivity index (χ1) is 10.1. The lowest BCUT2D eigenvalue weighted by atomic mass is 10.0. The minimum Gasteiger partial charge on any atom is -0.481 e. The van der Waals surface area contributed by atoms with E-state index in [0.717, 1.165) is 19.8 Å². The molecule has 0 unspecified atom stereocenters. The standard InChI is InChI=1S/C16H12O3S2/c17-14(18)5-4-10-2-1-3-11(8-10)15(19)13-9-12-6-7-20-16(12)21-13/h1-3,6-9H,4-5H2,(H,17,18).